The van der Waals surface area contributed by atoms with Crippen LogP contribution in [0.4, 0.5) is 0 Å². The summed E-state index contributed by atoms with van der Waals surface area (Å²) in [6, 6.07) is 0. The van der Waals surface area contributed by atoms with Crippen LogP contribution in [-0.4, -0.2) is 16.1 Å². The largest absolute Gasteiger partial charge is 0.481 e. The maximum atomic E-state index is 11.1. The molecule has 1 rings (SSSR count). The first-order valence-corrected chi connectivity index (χ1v) is 5.79. The Morgan fingerprint density at radius 1 is 1.47 bits per heavy atom. The van der Waals surface area contributed by atoms with E-state index in [4.69, 9.17) is 5.11 Å². The Morgan fingerprint density at radius 3 is 2.33 bits per heavy atom. The van der Waals surface area contributed by atoms with Crippen molar-refractivity contribution in [1.29, 1.82) is 0 Å². The Morgan fingerprint density at radius 2 is 2.00 bits per heavy atom. The molecular weight excluding hydrogens is 210 g/mol. The summed E-state index contributed by atoms with van der Waals surface area (Å²) < 4.78 is 0. The Labute approximate surface area is 94.2 Å². The van der Waals surface area contributed by atoms with Crippen LogP contribution in [0.3, 0.4) is 0 Å². The van der Waals surface area contributed by atoms with Crippen LogP contribution in [0.1, 0.15) is 49.2 Å². The fourth-order valence-electron chi connectivity index (χ4n) is 1.30. The first-order valence-electron chi connectivity index (χ1n) is 4.98. The van der Waals surface area contributed by atoms with Crippen LogP contribution in [0.25, 0.3) is 0 Å². The number of hydrogen-bond donors (Lipinski definition) is 1. The highest BCUT2D eigenvalue weighted by molar-refractivity contribution is 7.12. The van der Waals surface area contributed by atoms with Gasteiger partial charge in [-0.1, -0.05) is 13.8 Å². The number of hydrogen-bond acceptors (Lipinski definition) is 3. The zero-order valence-electron chi connectivity index (χ0n) is 9.79. The smallest absolute Gasteiger partial charge is 0.316 e. The highest BCUT2D eigenvalue weighted by Gasteiger charge is 2.33. The summed E-state index contributed by atoms with van der Waals surface area (Å²) in [7, 11) is 0. The Hall–Kier alpha value is -0.900. The number of carbonyl (C=O) groups is 1. The summed E-state index contributed by atoms with van der Waals surface area (Å²) in [5.41, 5.74) is 0.132. The SMILES string of the molecule is Cc1sc(C(C)(C)C(=O)O)nc1C(C)C. The van der Waals surface area contributed by atoms with Crippen LogP contribution in [-0.2, 0) is 10.2 Å². The molecule has 0 fully saturated rings. The van der Waals surface area contributed by atoms with Gasteiger partial charge in [0.05, 0.1) is 5.69 Å². The van der Waals surface area contributed by atoms with Crippen molar-refractivity contribution in [3.63, 3.8) is 0 Å². The minimum Gasteiger partial charge on any atom is -0.481 e. The van der Waals surface area contributed by atoms with Crippen LogP contribution in [0.15, 0.2) is 0 Å². The van der Waals surface area contributed by atoms with Gasteiger partial charge in [-0.3, -0.25) is 4.79 Å². The van der Waals surface area contributed by atoms with E-state index in [-0.39, 0.29) is 0 Å². The van der Waals surface area contributed by atoms with Crippen LogP contribution in [0, 0.1) is 6.92 Å². The fourth-order valence-corrected chi connectivity index (χ4v) is 2.47. The van der Waals surface area contributed by atoms with E-state index < -0.39 is 11.4 Å². The molecule has 0 aromatic carbocycles. The maximum absolute atomic E-state index is 11.1. The van der Waals surface area contributed by atoms with Gasteiger partial charge in [0.2, 0.25) is 0 Å². The van der Waals surface area contributed by atoms with Crippen LogP contribution in [0.2, 0.25) is 0 Å². The monoisotopic (exact) mass is 227 g/mol. The van der Waals surface area contributed by atoms with Gasteiger partial charge in [-0.25, -0.2) is 4.98 Å². The summed E-state index contributed by atoms with van der Waals surface area (Å²) in [4.78, 5) is 16.6. The molecule has 0 aliphatic rings. The molecule has 1 heterocycles. The molecule has 0 aliphatic carbocycles. The standard InChI is InChI=1S/C11H17NO2S/c1-6(2)8-7(3)15-9(12-8)11(4,5)10(13)14/h6H,1-5H3,(H,13,14). The first-order chi connectivity index (χ1) is 6.76. The molecule has 0 atom stereocenters. The molecule has 3 nitrogen and oxygen atoms in total. The van der Waals surface area contributed by atoms with Crippen LogP contribution >= 0.6 is 11.3 Å². The van der Waals surface area contributed by atoms with E-state index >= 15 is 0 Å². The van der Waals surface area contributed by atoms with E-state index in [0.717, 1.165) is 10.6 Å². The predicted molar refractivity (Wildman–Crippen MR) is 61.6 cm³/mol. The number of nitrogens with zero attached hydrogens (tertiary/aromatic N) is 1. The van der Waals surface area contributed by atoms with Crippen molar-refractivity contribution in [3.8, 4) is 0 Å². The molecule has 15 heavy (non-hydrogen) atoms. The number of thiazole rings is 1. The number of aliphatic carboxylic acids is 1. The number of aromatic nitrogens is 1. The second-order valence-electron chi connectivity index (χ2n) is 4.55. The van der Waals surface area contributed by atoms with Gasteiger partial charge in [0.15, 0.2) is 0 Å². The third kappa shape index (κ3) is 2.20. The topological polar surface area (TPSA) is 50.2 Å². The molecule has 0 saturated carbocycles. The van der Waals surface area contributed by atoms with Gasteiger partial charge in [0.25, 0.3) is 0 Å². The second-order valence-corrected chi connectivity index (χ2v) is 5.75. The average molecular weight is 227 g/mol. The highest BCUT2D eigenvalue weighted by Crippen LogP contribution is 2.32. The molecule has 1 aromatic rings. The molecule has 0 unspecified atom stereocenters. The van der Waals surface area contributed by atoms with Gasteiger partial charge < -0.3 is 5.11 Å². The first kappa shape index (κ1) is 12.2. The van der Waals surface area contributed by atoms with Crippen molar-refractivity contribution in [2.45, 2.75) is 46.0 Å². The van der Waals surface area contributed by atoms with Gasteiger partial charge >= 0.3 is 5.97 Å². The van der Waals surface area contributed by atoms with Gasteiger partial charge in [0.1, 0.15) is 10.4 Å². The van der Waals surface area contributed by atoms with E-state index in [2.05, 4.69) is 18.8 Å². The molecule has 84 valence electrons. The number of rotatable bonds is 3. The van der Waals surface area contributed by atoms with Crippen molar-refractivity contribution in [1.82, 2.24) is 4.98 Å². The van der Waals surface area contributed by atoms with E-state index in [1.807, 2.05) is 6.92 Å². The number of carboxylic acid groups (broad SMARTS) is 1. The molecule has 0 amide bonds. The van der Waals surface area contributed by atoms with Gasteiger partial charge in [0, 0.05) is 4.88 Å². The minimum absolute atomic E-state index is 0.347. The lowest BCUT2D eigenvalue weighted by Crippen LogP contribution is -2.28. The molecule has 0 bridgehead atoms. The van der Waals surface area contributed by atoms with Crippen molar-refractivity contribution >= 4 is 17.3 Å². The Kier molecular flexibility index (Phi) is 3.19. The zero-order valence-corrected chi connectivity index (χ0v) is 10.6. The lowest BCUT2D eigenvalue weighted by atomic mass is 9.95. The third-order valence-electron chi connectivity index (χ3n) is 2.45. The average Bonchev–Trinajstić information content (AvgIpc) is 2.47. The van der Waals surface area contributed by atoms with E-state index in [1.165, 1.54) is 11.3 Å². The Balaban J connectivity index is 3.18. The van der Waals surface area contributed by atoms with Crippen molar-refractivity contribution < 1.29 is 9.90 Å². The molecule has 0 spiro atoms. The number of carboxylic acids is 1. The second kappa shape index (κ2) is 3.93. The molecule has 0 aliphatic heterocycles. The van der Waals surface area contributed by atoms with E-state index in [1.54, 1.807) is 13.8 Å². The predicted octanol–water partition coefficient (Wildman–Crippen LogP) is 2.94. The van der Waals surface area contributed by atoms with Crippen LogP contribution < -0.4 is 0 Å². The van der Waals surface area contributed by atoms with Gasteiger partial charge in [-0.15, -0.1) is 11.3 Å². The summed E-state index contributed by atoms with van der Waals surface area (Å²) in [6.45, 7) is 9.52. The molecular formula is C11H17NO2S. The minimum atomic E-state index is -0.886. The lowest BCUT2D eigenvalue weighted by Gasteiger charge is -2.15. The van der Waals surface area contributed by atoms with E-state index in [9.17, 15) is 4.79 Å². The van der Waals surface area contributed by atoms with Gasteiger partial charge in [-0.05, 0) is 26.7 Å². The molecule has 0 radical (unpaired) electrons. The third-order valence-corrected chi connectivity index (χ3v) is 3.76. The number of aryl methyl sites for hydroxylation is 1. The molecule has 1 N–H and O–H groups in total. The van der Waals surface area contributed by atoms with Crippen molar-refractivity contribution in [2.24, 2.45) is 0 Å². The lowest BCUT2D eigenvalue weighted by molar-refractivity contribution is -0.142. The summed E-state index contributed by atoms with van der Waals surface area (Å²) in [5.74, 6) is -0.480. The maximum Gasteiger partial charge on any atom is 0.316 e. The molecule has 0 saturated heterocycles. The highest BCUT2D eigenvalue weighted by atomic mass is 32.1. The summed E-state index contributed by atoms with van der Waals surface area (Å²) >= 11 is 1.49. The molecule has 4 heteroatoms. The summed E-state index contributed by atoms with van der Waals surface area (Å²) in [5, 5.41) is 9.79. The van der Waals surface area contributed by atoms with Crippen LogP contribution in [0.5, 0.6) is 0 Å². The van der Waals surface area contributed by atoms with Crippen molar-refractivity contribution in [3.05, 3.63) is 15.6 Å². The van der Waals surface area contributed by atoms with Gasteiger partial charge in [-0.2, -0.15) is 0 Å². The quantitative estimate of drug-likeness (QED) is 0.863. The summed E-state index contributed by atoms with van der Waals surface area (Å²) in [6.07, 6.45) is 0. The zero-order chi connectivity index (χ0) is 11.8. The fraction of sp³-hybridized carbons (Fsp3) is 0.636. The van der Waals surface area contributed by atoms with E-state index in [0.29, 0.717) is 10.9 Å². The Bertz CT molecular complexity index is 380. The normalized spacial score (nSPS) is 12.1. The van der Waals surface area contributed by atoms with Crippen molar-refractivity contribution in [2.75, 3.05) is 0 Å². The molecule has 1 aromatic heterocycles.